The Balaban J connectivity index is 2.70. The molecule has 0 atom stereocenters. The Morgan fingerprint density at radius 2 is 1.95 bits per heavy atom. The summed E-state index contributed by atoms with van der Waals surface area (Å²) >= 11 is 0. The minimum Gasteiger partial charge on any atom is -0.332 e. The van der Waals surface area contributed by atoms with Crippen molar-refractivity contribution in [2.75, 3.05) is 5.32 Å². The highest BCUT2D eigenvalue weighted by atomic mass is 16.2. The molecule has 1 rings (SSSR count). The standard InChI is InChI=1S/C16H21N3O/c1-4-11-16(5-2,6-3)19-15(20)18-14-9-7-13(12-17)8-10-14/h4,7-10H,1,5-6,11H2,2-3H3,(H2,18,19,20). The van der Waals surface area contributed by atoms with Gasteiger partial charge in [0.25, 0.3) is 0 Å². The molecule has 0 aliphatic rings. The topological polar surface area (TPSA) is 64.9 Å². The van der Waals surface area contributed by atoms with Crippen LogP contribution in [0.5, 0.6) is 0 Å². The van der Waals surface area contributed by atoms with Crippen LogP contribution in [-0.4, -0.2) is 11.6 Å². The van der Waals surface area contributed by atoms with Crippen molar-refractivity contribution in [3.63, 3.8) is 0 Å². The fourth-order valence-corrected chi connectivity index (χ4v) is 2.07. The minimum atomic E-state index is -0.252. The highest BCUT2D eigenvalue weighted by Gasteiger charge is 2.26. The first-order valence-corrected chi connectivity index (χ1v) is 6.79. The van der Waals surface area contributed by atoms with E-state index < -0.39 is 0 Å². The molecule has 106 valence electrons. The lowest BCUT2D eigenvalue weighted by Gasteiger charge is -2.31. The average Bonchev–Trinajstić information content (AvgIpc) is 2.47. The van der Waals surface area contributed by atoms with Crippen LogP contribution in [0.15, 0.2) is 36.9 Å². The number of anilines is 1. The number of carbonyl (C=O) groups is 1. The highest BCUT2D eigenvalue weighted by molar-refractivity contribution is 5.89. The fourth-order valence-electron chi connectivity index (χ4n) is 2.07. The molecule has 1 aromatic carbocycles. The number of nitrogens with zero attached hydrogens (tertiary/aromatic N) is 1. The third kappa shape index (κ3) is 4.13. The first kappa shape index (κ1) is 15.8. The van der Waals surface area contributed by atoms with E-state index in [0.717, 1.165) is 19.3 Å². The Morgan fingerprint density at radius 1 is 1.35 bits per heavy atom. The highest BCUT2D eigenvalue weighted by Crippen LogP contribution is 2.20. The molecule has 2 amide bonds. The van der Waals surface area contributed by atoms with Gasteiger partial charge in [-0.1, -0.05) is 19.9 Å². The molecule has 0 fully saturated rings. The van der Waals surface area contributed by atoms with E-state index in [1.54, 1.807) is 24.3 Å². The van der Waals surface area contributed by atoms with Crippen molar-refractivity contribution in [3.05, 3.63) is 42.5 Å². The van der Waals surface area contributed by atoms with Crippen molar-refractivity contribution in [3.8, 4) is 6.07 Å². The number of nitrogens with one attached hydrogen (secondary N) is 2. The van der Waals surface area contributed by atoms with Gasteiger partial charge in [0.1, 0.15) is 0 Å². The largest absolute Gasteiger partial charge is 0.332 e. The van der Waals surface area contributed by atoms with E-state index in [-0.39, 0.29) is 11.6 Å². The smallest absolute Gasteiger partial charge is 0.319 e. The monoisotopic (exact) mass is 271 g/mol. The van der Waals surface area contributed by atoms with Crippen LogP contribution in [0.3, 0.4) is 0 Å². The number of urea groups is 1. The molecule has 20 heavy (non-hydrogen) atoms. The number of benzene rings is 1. The van der Waals surface area contributed by atoms with E-state index >= 15 is 0 Å². The molecule has 0 bridgehead atoms. The van der Waals surface area contributed by atoms with Crippen LogP contribution in [0.4, 0.5) is 10.5 Å². The van der Waals surface area contributed by atoms with E-state index in [0.29, 0.717) is 11.3 Å². The van der Waals surface area contributed by atoms with Gasteiger partial charge in [-0.15, -0.1) is 6.58 Å². The van der Waals surface area contributed by atoms with Crippen LogP contribution in [0.2, 0.25) is 0 Å². The Labute approximate surface area is 120 Å². The van der Waals surface area contributed by atoms with Gasteiger partial charge in [0.05, 0.1) is 11.6 Å². The first-order valence-electron chi connectivity index (χ1n) is 6.79. The van der Waals surface area contributed by atoms with Gasteiger partial charge in [-0.25, -0.2) is 4.79 Å². The molecular weight excluding hydrogens is 250 g/mol. The lowest BCUT2D eigenvalue weighted by Crippen LogP contribution is -2.49. The Morgan fingerprint density at radius 3 is 2.40 bits per heavy atom. The maximum absolute atomic E-state index is 12.1. The van der Waals surface area contributed by atoms with Gasteiger partial charge in [0.2, 0.25) is 0 Å². The maximum Gasteiger partial charge on any atom is 0.319 e. The molecule has 0 radical (unpaired) electrons. The van der Waals surface area contributed by atoms with Crippen LogP contribution < -0.4 is 10.6 Å². The number of rotatable bonds is 6. The predicted octanol–water partition coefficient (Wildman–Crippen LogP) is 3.81. The molecule has 0 spiro atoms. The quantitative estimate of drug-likeness (QED) is 0.772. The van der Waals surface area contributed by atoms with E-state index in [1.807, 2.05) is 12.1 Å². The average molecular weight is 271 g/mol. The summed E-state index contributed by atoms with van der Waals surface area (Å²) in [7, 11) is 0. The third-order valence-corrected chi connectivity index (χ3v) is 3.54. The summed E-state index contributed by atoms with van der Waals surface area (Å²) in [5.41, 5.74) is 0.985. The van der Waals surface area contributed by atoms with Crippen LogP contribution in [0, 0.1) is 11.3 Å². The summed E-state index contributed by atoms with van der Waals surface area (Å²) in [6.07, 6.45) is 4.25. The summed E-state index contributed by atoms with van der Waals surface area (Å²) in [6.45, 7) is 7.85. The number of carbonyl (C=O) groups excluding carboxylic acids is 1. The molecular formula is C16H21N3O. The fraction of sp³-hybridized carbons (Fsp3) is 0.375. The van der Waals surface area contributed by atoms with Gasteiger partial charge < -0.3 is 10.6 Å². The van der Waals surface area contributed by atoms with Gasteiger partial charge in [-0.3, -0.25) is 0 Å². The van der Waals surface area contributed by atoms with Gasteiger partial charge >= 0.3 is 6.03 Å². The number of amides is 2. The van der Waals surface area contributed by atoms with Crippen molar-refractivity contribution >= 4 is 11.7 Å². The lowest BCUT2D eigenvalue weighted by molar-refractivity contribution is 0.232. The van der Waals surface area contributed by atoms with Gasteiger partial charge in [-0.05, 0) is 43.5 Å². The Bertz CT molecular complexity index is 495. The molecule has 0 saturated heterocycles. The number of hydrogen-bond acceptors (Lipinski definition) is 2. The third-order valence-electron chi connectivity index (χ3n) is 3.54. The normalized spacial score (nSPS) is 10.4. The molecule has 0 aliphatic heterocycles. The van der Waals surface area contributed by atoms with Crippen molar-refractivity contribution < 1.29 is 4.79 Å². The lowest BCUT2D eigenvalue weighted by atomic mass is 9.89. The molecule has 0 unspecified atom stereocenters. The summed E-state index contributed by atoms with van der Waals surface area (Å²) in [5.74, 6) is 0. The minimum absolute atomic E-state index is 0.236. The van der Waals surface area contributed by atoms with Crippen molar-refractivity contribution in [1.82, 2.24) is 5.32 Å². The molecule has 0 aromatic heterocycles. The molecule has 0 heterocycles. The maximum atomic E-state index is 12.1. The molecule has 4 nitrogen and oxygen atoms in total. The summed E-state index contributed by atoms with van der Waals surface area (Å²) in [4.78, 5) is 12.1. The SMILES string of the molecule is C=CCC(CC)(CC)NC(=O)Nc1ccc(C#N)cc1. The van der Waals surface area contributed by atoms with Gasteiger partial charge in [0, 0.05) is 11.2 Å². The zero-order valence-electron chi connectivity index (χ0n) is 12.1. The van der Waals surface area contributed by atoms with Crippen LogP contribution >= 0.6 is 0 Å². The zero-order chi connectivity index (χ0) is 15.0. The van der Waals surface area contributed by atoms with E-state index in [2.05, 4.69) is 31.1 Å². The molecule has 4 heteroatoms. The van der Waals surface area contributed by atoms with E-state index in [4.69, 9.17) is 5.26 Å². The van der Waals surface area contributed by atoms with Crippen molar-refractivity contribution in [2.45, 2.75) is 38.6 Å². The van der Waals surface area contributed by atoms with Crippen molar-refractivity contribution in [2.24, 2.45) is 0 Å². The first-order chi connectivity index (χ1) is 9.59. The van der Waals surface area contributed by atoms with Crippen LogP contribution in [-0.2, 0) is 0 Å². The number of hydrogen-bond donors (Lipinski definition) is 2. The molecule has 1 aromatic rings. The van der Waals surface area contributed by atoms with Crippen LogP contribution in [0.25, 0.3) is 0 Å². The van der Waals surface area contributed by atoms with E-state index in [9.17, 15) is 4.79 Å². The Hall–Kier alpha value is -2.28. The zero-order valence-corrected chi connectivity index (χ0v) is 12.1. The summed E-state index contributed by atoms with van der Waals surface area (Å²) in [5, 5.41) is 14.5. The predicted molar refractivity (Wildman–Crippen MR) is 81.4 cm³/mol. The second-order valence-electron chi connectivity index (χ2n) is 4.75. The molecule has 0 saturated carbocycles. The van der Waals surface area contributed by atoms with Crippen molar-refractivity contribution in [1.29, 1.82) is 5.26 Å². The van der Waals surface area contributed by atoms with Crippen LogP contribution in [0.1, 0.15) is 38.7 Å². The van der Waals surface area contributed by atoms with Gasteiger partial charge in [-0.2, -0.15) is 5.26 Å². The second-order valence-corrected chi connectivity index (χ2v) is 4.75. The number of nitriles is 1. The van der Waals surface area contributed by atoms with Gasteiger partial charge in [0.15, 0.2) is 0 Å². The summed E-state index contributed by atoms with van der Waals surface area (Å²) < 4.78 is 0. The Kier molecular flexibility index (Phi) is 5.79. The second kappa shape index (κ2) is 7.34. The molecule has 0 aliphatic carbocycles. The van der Waals surface area contributed by atoms with E-state index in [1.165, 1.54) is 0 Å². The molecule has 2 N–H and O–H groups in total. The summed E-state index contributed by atoms with van der Waals surface area (Å²) in [6, 6.07) is 8.58.